The number of halogens is 1. The summed E-state index contributed by atoms with van der Waals surface area (Å²) in [5, 5.41) is 0. The lowest BCUT2D eigenvalue weighted by Gasteiger charge is -2.34. The SMILES string of the molecule is Cc1ccc(S(=O)(=O)N2CCN(CC(C)C)CC2)c(Br)c1. The molecule has 1 aliphatic heterocycles. The van der Waals surface area contributed by atoms with Gasteiger partial charge in [-0.25, -0.2) is 8.42 Å². The third-order valence-corrected chi connectivity index (χ3v) is 6.54. The Bertz CT molecular complexity index is 594. The molecule has 0 bridgehead atoms. The Balaban J connectivity index is 2.11. The van der Waals surface area contributed by atoms with Gasteiger partial charge >= 0.3 is 0 Å². The lowest BCUT2D eigenvalue weighted by atomic mass is 10.2. The van der Waals surface area contributed by atoms with E-state index in [2.05, 4.69) is 34.7 Å². The number of hydrogen-bond donors (Lipinski definition) is 0. The quantitative estimate of drug-likeness (QED) is 0.813. The zero-order valence-corrected chi connectivity index (χ0v) is 15.2. The van der Waals surface area contributed by atoms with Crippen LogP contribution < -0.4 is 0 Å². The summed E-state index contributed by atoms with van der Waals surface area (Å²) in [4.78, 5) is 2.70. The second kappa shape index (κ2) is 6.77. The number of piperazine rings is 1. The molecule has 2 rings (SSSR count). The molecule has 0 radical (unpaired) electrons. The topological polar surface area (TPSA) is 40.6 Å². The number of benzene rings is 1. The predicted octanol–water partition coefficient (Wildman–Crippen LogP) is 2.72. The first kappa shape index (κ1) is 16.9. The standard InChI is InChI=1S/C15H23BrN2O2S/c1-12(2)11-17-6-8-18(9-7-17)21(19,20)15-5-4-13(3)10-14(15)16/h4-5,10,12H,6-9,11H2,1-3H3. The summed E-state index contributed by atoms with van der Waals surface area (Å²) in [5.74, 6) is 0.611. The molecule has 118 valence electrons. The fourth-order valence-corrected chi connectivity index (χ4v) is 5.20. The molecule has 1 saturated heterocycles. The number of nitrogens with zero attached hydrogens (tertiary/aromatic N) is 2. The highest BCUT2D eigenvalue weighted by Gasteiger charge is 2.29. The van der Waals surface area contributed by atoms with E-state index in [1.54, 1.807) is 10.4 Å². The zero-order chi connectivity index (χ0) is 15.6. The summed E-state index contributed by atoms with van der Waals surface area (Å²) in [6.45, 7) is 10.1. The molecule has 0 N–H and O–H groups in total. The second-order valence-electron chi connectivity index (χ2n) is 6.03. The van der Waals surface area contributed by atoms with Crippen molar-refractivity contribution in [1.82, 2.24) is 9.21 Å². The largest absolute Gasteiger partial charge is 0.300 e. The van der Waals surface area contributed by atoms with Crippen LogP contribution >= 0.6 is 15.9 Å². The minimum Gasteiger partial charge on any atom is -0.300 e. The van der Waals surface area contributed by atoms with Gasteiger partial charge in [0.15, 0.2) is 0 Å². The average molecular weight is 375 g/mol. The maximum Gasteiger partial charge on any atom is 0.244 e. The van der Waals surface area contributed by atoms with Gasteiger partial charge in [0, 0.05) is 37.2 Å². The van der Waals surface area contributed by atoms with Crippen LogP contribution in [0.25, 0.3) is 0 Å². The van der Waals surface area contributed by atoms with Crippen LogP contribution in [-0.2, 0) is 10.0 Å². The van der Waals surface area contributed by atoms with Crippen molar-refractivity contribution in [2.45, 2.75) is 25.7 Å². The molecule has 0 spiro atoms. The Morgan fingerprint density at radius 1 is 1.19 bits per heavy atom. The lowest BCUT2D eigenvalue weighted by molar-refractivity contribution is 0.172. The van der Waals surface area contributed by atoms with E-state index in [4.69, 9.17) is 0 Å². The molecule has 0 saturated carbocycles. The molecule has 1 fully saturated rings. The van der Waals surface area contributed by atoms with Gasteiger partial charge in [0.25, 0.3) is 0 Å². The highest BCUT2D eigenvalue weighted by molar-refractivity contribution is 9.10. The summed E-state index contributed by atoms with van der Waals surface area (Å²) in [5.41, 5.74) is 1.04. The van der Waals surface area contributed by atoms with Crippen molar-refractivity contribution in [1.29, 1.82) is 0 Å². The molecule has 1 heterocycles. The Morgan fingerprint density at radius 3 is 2.33 bits per heavy atom. The second-order valence-corrected chi connectivity index (χ2v) is 8.79. The van der Waals surface area contributed by atoms with Crippen molar-refractivity contribution in [2.75, 3.05) is 32.7 Å². The molecular formula is C15H23BrN2O2S. The fourth-order valence-electron chi connectivity index (χ4n) is 2.62. The van der Waals surface area contributed by atoms with Gasteiger partial charge < -0.3 is 4.90 Å². The first-order chi connectivity index (χ1) is 9.80. The Morgan fingerprint density at radius 2 is 1.81 bits per heavy atom. The van der Waals surface area contributed by atoms with Crippen LogP contribution in [0.5, 0.6) is 0 Å². The monoisotopic (exact) mass is 374 g/mol. The predicted molar refractivity (Wildman–Crippen MR) is 88.9 cm³/mol. The van der Waals surface area contributed by atoms with Crippen molar-refractivity contribution in [2.24, 2.45) is 5.92 Å². The number of aryl methyl sites for hydroxylation is 1. The van der Waals surface area contributed by atoms with Gasteiger partial charge in [-0.2, -0.15) is 4.31 Å². The van der Waals surface area contributed by atoms with Gasteiger partial charge in [-0.05, 0) is 46.5 Å². The number of hydrogen-bond acceptors (Lipinski definition) is 3. The van der Waals surface area contributed by atoms with Gasteiger partial charge in [0.2, 0.25) is 10.0 Å². The van der Waals surface area contributed by atoms with Crippen LogP contribution in [0.4, 0.5) is 0 Å². The van der Waals surface area contributed by atoms with Gasteiger partial charge in [0.1, 0.15) is 0 Å². The van der Waals surface area contributed by atoms with Gasteiger partial charge in [-0.3, -0.25) is 0 Å². The summed E-state index contributed by atoms with van der Waals surface area (Å²) in [7, 11) is -3.40. The molecule has 1 aliphatic rings. The van der Waals surface area contributed by atoms with Crippen molar-refractivity contribution in [3.63, 3.8) is 0 Å². The third-order valence-electron chi connectivity index (χ3n) is 3.66. The van der Waals surface area contributed by atoms with E-state index in [1.807, 2.05) is 19.1 Å². The van der Waals surface area contributed by atoms with Crippen LogP contribution in [0, 0.1) is 12.8 Å². The summed E-state index contributed by atoms with van der Waals surface area (Å²) in [6, 6.07) is 5.38. The van der Waals surface area contributed by atoms with Crippen LogP contribution in [-0.4, -0.2) is 50.3 Å². The Kier molecular flexibility index (Phi) is 5.46. The molecule has 0 atom stereocenters. The van der Waals surface area contributed by atoms with E-state index in [-0.39, 0.29) is 0 Å². The first-order valence-corrected chi connectivity index (χ1v) is 9.52. The van der Waals surface area contributed by atoms with E-state index in [0.29, 0.717) is 28.4 Å². The van der Waals surface area contributed by atoms with Crippen molar-refractivity contribution >= 4 is 26.0 Å². The maximum absolute atomic E-state index is 12.7. The van der Waals surface area contributed by atoms with E-state index >= 15 is 0 Å². The molecule has 0 aromatic heterocycles. The molecule has 6 heteroatoms. The molecule has 21 heavy (non-hydrogen) atoms. The summed E-state index contributed by atoms with van der Waals surface area (Å²) >= 11 is 3.38. The first-order valence-electron chi connectivity index (χ1n) is 7.29. The van der Waals surface area contributed by atoms with E-state index < -0.39 is 10.0 Å². The van der Waals surface area contributed by atoms with E-state index in [9.17, 15) is 8.42 Å². The molecule has 0 unspecified atom stereocenters. The highest BCUT2D eigenvalue weighted by Crippen LogP contribution is 2.26. The number of sulfonamides is 1. The van der Waals surface area contributed by atoms with E-state index in [1.165, 1.54) is 0 Å². The van der Waals surface area contributed by atoms with Crippen molar-refractivity contribution in [3.05, 3.63) is 28.2 Å². The summed E-state index contributed by atoms with van der Waals surface area (Å²) in [6.07, 6.45) is 0. The van der Waals surface area contributed by atoms with Gasteiger partial charge in [-0.15, -0.1) is 0 Å². The lowest BCUT2D eigenvalue weighted by Crippen LogP contribution is -2.49. The molecule has 0 amide bonds. The van der Waals surface area contributed by atoms with Crippen LogP contribution in [0.2, 0.25) is 0 Å². The maximum atomic E-state index is 12.7. The van der Waals surface area contributed by atoms with Crippen LogP contribution in [0.15, 0.2) is 27.6 Å². The molecule has 4 nitrogen and oxygen atoms in total. The fraction of sp³-hybridized carbons (Fsp3) is 0.600. The van der Waals surface area contributed by atoms with Gasteiger partial charge in [-0.1, -0.05) is 19.9 Å². The normalized spacial score (nSPS) is 18.3. The van der Waals surface area contributed by atoms with Crippen LogP contribution in [0.1, 0.15) is 19.4 Å². The van der Waals surface area contributed by atoms with E-state index in [0.717, 1.165) is 25.2 Å². The molecular weight excluding hydrogens is 352 g/mol. The van der Waals surface area contributed by atoms with Crippen LogP contribution in [0.3, 0.4) is 0 Å². The zero-order valence-electron chi connectivity index (χ0n) is 12.8. The Hall–Kier alpha value is -0.430. The Labute approximate surface area is 136 Å². The number of rotatable bonds is 4. The average Bonchev–Trinajstić information content (AvgIpc) is 2.38. The van der Waals surface area contributed by atoms with Gasteiger partial charge in [0.05, 0.1) is 4.90 Å². The smallest absolute Gasteiger partial charge is 0.244 e. The minimum atomic E-state index is -3.40. The minimum absolute atomic E-state index is 0.366. The highest BCUT2D eigenvalue weighted by atomic mass is 79.9. The third kappa shape index (κ3) is 4.06. The van der Waals surface area contributed by atoms with Crippen molar-refractivity contribution in [3.8, 4) is 0 Å². The molecule has 1 aromatic rings. The molecule has 0 aliphatic carbocycles. The summed E-state index contributed by atoms with van der Waals surface area (Å²) < 4.78 is 27.7. The molecule has 1 aromatic carbocycles. The van der Waals surface area contributed by atoms with Crippen molar-refractivity contribution < 1.29 is 8.42 Å².